The van der Waals surface area contributed by atoms with Gasteiger partial charge in [-0.2, -0.15) is 0 Å². The van der Waals surface area contributed by atoms with Gasteiger partial charge in [0.1, 0.15) is 0 Å². The van der Waals surface area contributed by atoms with Crippen LogP contribution in [0.4, 0.5) is 0 Å². The molecule has 0 bridgehead atoms. The van der Waals surface area contributed by atoms with Gasteiger partial charge in [-0.05, 0) is 222 Å². The maximum absolute atomic E-state index is 5.09. The number of hydrogen-bond donors (Lipinski definition) is 0. The van der Waals surface area contributed by atoms with Crippen molar-refractivity contribution < 1.29 is 0 Å². The summed E-state index contributed by atoms with van der Waals surface area (Å²) in [5.41, 5.74) is 35.2. The number of hydrogen-bond acceptors (Lipinski definition) is 4. The van der Waals surface area contributed by atoms with Gasteiger partial charge in [0, 0.05) is 112 Å². The topological polar surface area (TPSA) is 76.2 Å². The predicted octanol–water partition coefficient (Wildman–Crippen LogP) is 30.0. The van der Waals surface area contributed by atoms with Crippen molar-refractivity contribution in [3.8, 4) is 107 Å². The van der Waals surface area contributed by atoms with Gasteiger partial charge in [-0.15, -0.1) is 0 Å². The number of para-hydroxylation sites is 7. The van der Waals surface area contributed by atoms with Gasteiger partial charge in [-0.3, -0.25) is 9.13 Å². The summed E-state index contributed by atoms with van der Waals surface area (Å²) in [5.74, 6) is 1.30. The molecule has 7 aromatic heterocycles. The fourth-order valence-corrected chi connectivity index (χ4v) is 20.0. The Balaban J connectivity index is 0.000000142. The molecular weight excluding hydrogens is 1530 g/mol. The van der Waals surface area contributed by atoms with Gasteiger partial charge < -0.3 is 13.7 Å². The van der Waals surface area contributed by atoms with E-state index in [0.29, 0.717) is 11.9 Å². The van der Waals surface area contributed by atoms with Crippen LogP contribution in [0.15, 0.2) is 413 Å². The van der Waals surface area contributed by atoms with Crippen LogP contribution in [-0.2, 0) is 10.8 Å². The highest BCUT2D eigenvalue weighted by Crippen LogP contribution is 2.52. The van der Waals surface area contributed by atoms with Crippen molar-refractivity contribution in [3.63, 3.8) is 0 Å². The van der Waals surface area contributed by atoms with E-state index in [1.54, 1.807) is 0 Å². The number of aromatic nitrogens is 9. The fourth-order valence-electron chi connectivity index (χ4n) is 20.0. The Bertz CT molecular complexity index is 8470. The van der Waals surface area contributed by atoms with Gasteiger partial charge in [0.2, 0.25) is 11.9 Å². The lowest BCUT2D eigenvalue weighted by Gasteiger charge is -2.22. The Hall–Kier alpha value is -16.1. The minimum absolute atomic E-state index is 0.0995. The molecule has 0 unspecified atom stereocenters. The van der Waals surface area contributed by atoms with Crippen LogP contribution in [0, 0.1) is 0 Å². The van der Waals surface area contributed by atoms with Crippen molar-refractivity contribution in [3.05, 3.63) is 430 Å². The molecule has 9 heteroatoms. The summed E-state index contributed by atoms with van der Waals surface area (Å²) in [4.78, 5) is 20.2. The Morgan fingerprint density at radius 1 is 0.198 bits per heavy atom. The highest BCUT2D eigenvalue weighted by molar-refractivity contribution is 6.16. The quantitative estimate of drug-likeness (QED) is 0.129. The molecule has 17 aromatic carbocycles. The lowest BCUT2D eigenvalue weighted by atomic mass is 9.81. The SMILES string of the molecule is CC(C)(C)c1ccc(-c2ccc3c(c2)c2cc(-c4cnc(-n5c6ccccc6c6cc(-c7ccc8c9ccccc9n(-c9ccccc9)c8c7)ccc65)nc4)ccc2n3-c2ccccc2)cc1.CC1(C)c2cc(-c3ccccc3)ccc2-c2ccc(-c3cnc(-n4c5ccccc5c5cc(-c6ccc7c8ccccc8n(-c8ccccc8)c7c6)ccc54)nc3)cc21. The molecule has 24 aromatic rings. The number of fused-ring (bicyclic) bond motifs is 18. The molecule has 7 heterocycles. The molecule has 126 heavy (non-hydrogen) atoms. The highest BCUT2D eigenvalue weighted by atomic mass is 15.2. The molecule has 0 spiro atoms. The number of nitrogens with zero attached hydrogens (tertiary/aromatic N) is 9. The second-order valence-corrected chi connectivity index (χ2v) is 35.0. The second-order valence-electron chi connectivity index (χ2n) is 35.0. The molecule has 0 amide bonds. The molecule has 25 rings (SSSR count). The van der Waals surface area contributed by atoms with Crippen molar-refractivity contribution in [1.82, 2.24) is 42.8 Å². The Morgan fingerprint density at radius 3 is 0.849 bits per heavy atom. The third-order valence-electron chi connectivity index (χ3n) is 26.4. The summed E-state index contributed by atoms with van der Waals surface area (Å²) >= 11 is 0. The normalized spacial score (nSPS) is 12.5. The van der Waals surface area contributed by atoms with Gasteiger partial charge in [0.25, 0.3) is 0 Å². The first kappa shape index (κ1) is 73.8. The van der Waals surface area contributed by atoms with Crippen LogP contribution in [0.2, 0.25) is 0 Å². The standard InChI is InChI=1S/C62H45N5.C55H38N4/c1-62(2,3)46-28-22-40(23-29-46)41-25-31-57-53(34-41)54-36-43(27-32-58(54)65(57)47-14-6-4-7-15-47)45-38-63-61(64-39-45)67-56-21-13-11-19-50(56)52-35-42(26-33-59(52)67)44-24-30-51-49-18-10-12-20-55(49)66(60(51)37-44)48-16-8-5-9-17-48;1-55(2)48-30-37(35-13-5-3-6-14-35)21-25-42(48)43-26-22-38(31-49(43)55)40-33-56-54(57-34-40)59-51-20-12-10-18-45(51)47-29-36(24-28-52(47)59)39-23-27-46-44-17-9-11-19-50(44)58(53(46)32-39)41-15-7-4-8-16-41/h4-39H,1-3H3;3-34H,1-2H3. The van der Waals surface area contributed by atoms with Crippen molar-refractivity contribution in [2.45, 2.75) is 45.4 Å². The zero-order valence-corrected chi connectivity index (χ0v) is 70.3. The first-order valence-electron chi connectivity index (χ1n) is 43.4. The molecular formula is C117H83N9. The van der Waals surface area contributed by atoms with Crippen LogP contribution in [-0.4, -0.2) is 42.8 Å². The van der Waals surface area contributed by atoms with E-state index in [1.807, 2.05) is 24.8 Å². The first-order chi connectivity index (χ1) is 61.9. The largest absolute Gasteiger partial charge is 0.309 e. The number of rotatable bonds is 11. The van der Waals surface area contributed by atoms with Crippen molar-refractivity contribution in [1.29, 1.82) is 0 Å². The van der Waals surface area contributed by atoms with E-state index in [4.69, 9.17) is 19.9 Å². The lowest BCUT2D eigenvalue weighted by Crippen LogP contribution is -2.15. The molecule has 0 saturated heterocycles. The summed E-state index contributed by atoms with van der Waals surface area (Å²) in [6.07, 6.45) is 7.89. The third kappa shape index (κ3) is 12.0. The molecule has 0 atom stereocenters. The van der Waals surface area contributed by atoms with E-state index in [1.165, 1.54) is 137 Å². The monoisotopic (exact) mass is 1610 g/mol. The molecule has 0 N–H and O–H groups in total. The van der Waals surface area contributed by atoms with Crippen LogP contribution in [0.3, 0.4) is 0 Å². The van der Waals surface area contributed by atoms with Gasteiger partial charge in [-0.25, -0.2) is 19.9 Å². The van der Waals surface area contributed by atoms with Crippen LogP contribution in [0.1, 0.15) is 51.3 Å². The summed E-state index contributed by atoms with van der Waals surface area (Å²) < 4.78 is 11.5. The van der Waals surface area contributed by atoms with Crippen molar-refractivity contribution in [2.24, 2.45) is 0 Å². The zero-order chi connectivity index (χ0) is 84.0. The van der Waals surface area contributed by atoms with E-state index >= 15 is 0 Å². The molecule has 0 radical (unpaired) electrons. The maximum atomic E-state index is 5.09. The average Bonchev–Trinajstić information content (AvgIpc) is 1.58. The molecule has 0 fully saturated rings. The highest BCUT2D eigenvalue weighted by Gasteiger charge is 2.36. The van der Waals surface area contributed by atoms with Gasteiger partial charge >= 0.3 is 0 Å². The van der Waals surface area contributed by atoms with Gasteiger partial charge in [0.15, 0.2) is 0 Å². The van der Waals surface area contributed by atoms with E-state index in [0.717, 1.165) is 83.2 Å². The Morgan fingerprint density at radius 2 is 0.452 bits per heavy atom. The zero-order valence-electron chi connectivity index (χ0n) is 70.3. The van der Waals surface area contributed by atoms with E-state index in [-0.39, 0.29) is 10.8 Å². The van der Waals surface area contributed by atoms with E-state index in [2.05, 4.69) is 446 Å². The van der Waals surface area contributed by atoms with Crippen LogP contribution in [0.25, 0.3) is 216 Å². The first-order valence-corrected chi connectivity index (χ1v) is 43.4. The average molecular weight is 1620 g/mol. The summed E-state index contributed by atoms with van der Waals surface area (Å²) in [5, 5.41) is 12.1. The maximum Gasteiger partial charge on any atom is 0.234 e. The fraction of sp³-hybridized carbons (Fsp3) is 0.0598. The minimum atomic E-state index is -0.139. The second kappa shape index (κ2) is 29.1. The van der Waals surface area contributed by atoms with Crippen LogP contribution >= 0.6 is 0 Å². The van der Waals surface area contributed by atoms with Crippen LogP contribution in [0.5, 0.6) is 0 Å². The number of benzene rings is 17. The summed E-state index contributed by atoms with van der Waals surface area (Å²) in [7, 11) is 0. The molecule has 1 aliphatic rings. The lowest BCUT2D eigenvalue weighted by molar-refractivity contribution is 0.590. The van der Waals surface area contributed by atoms with Crippen molar-refractivity contribution in [2.75, 3.05) is 0 Å². The Labute approximate surface area is 729 Å². The molecule has 9 nitrogen and oxygen atoms in total. The minimum Gasteiger partial charge on any atom is -0.309 e. The predicted molar refractivity (Wildman–Crippen MR) is 525 cm³/mol. The summed E-state index contributed by atoms with van der Waals surface area (Å²) in [6, 6.07) is 141. The molecule has 1 aliphatic carbocycles. The van der Waals surface area contributed by atoms with E-state index < -0.39 is 0 Å². The van der Waals surface area contributed by atoms with Crippen molar-refractivity contribution >= 4 is 109 Å². The Kier molecular flexibility index (Phi) is 17.0. The molecule has 596 valence electrons. The molecule has 0 saturated carbocycles. The molecule has 0 aliphatic heterocycles. The van der Waals surface area contributed by atoms with Gasteiger partial charge in [-0.1, -0.05) is 289 Å². The van der Waals surface area contributed by atoms with Gasteiger partial charge in [0.05, 0.1) is 55.2 Å². The smallest absolute Gasteiger partial charge is 0.234 e. The summed E-state index contributed by atoms with van der Waals surface area (Å²) in [6.45, 7) is 11.5. The third-order valence-corrected chi connectivity index (χ3v) is 26.4. The van der Waals surface area contributed by atoms with E-state index in [9.17, 15) is 0 Å². The van der Waals surface area contributed by atoms with Crippen LogP contribution < -0.4 is 0 Å².